The lowest BCUT2D eigenvalue weighted by molar-refractivity contribution is -0.119. The van der Waals surface area contributed by atoms with Crippen LogP contribution in [-0.4, -0.2) is 35.9 Å². The number of rotatable bonds is 5. The second-order valence-corrected chi connectivity index (χ2v) is 6.89. The standard InChI is InChI=1S/C18H15N7O2S/c1-12(25-17(26)9-8-15(21-25)16-3-2-10-28-16)18(27)20-13-4-6-14(7-5-13)24-11-19-22-23-24/h2-12H,1H3,(H,20,27)/t12-/m1/s1. The van der Waals surface area contributed by atoms with Gasteiger partial charge in [-0.25, -0.2) is 9.36 Å². The van der Waals surface area contributed by atoms with Crippen molar-refractivity contribution in [2.24, 2.45) is 0 Å². The van der Waals surface area contributed by atoms with Crippen LogP contribution in [0, 0.1) is 0 Å². The molecule has 0 bridgehead atoms. The lowest BCUT2D eigenvalue weighted by Gasteiger charge is -2.15. The monoisotopic (exact) mass is 393 g/mol. The first-order valence-corrected chi connectivity index (χ1v) is 9.28. The molecule has 0 radical (unpaired) electrons. The summed E-state index contributed by atoms with van der Waals surface area (Å²) in [4.78, 5) is 25.8. The predicted octanol–water partition coefficient (Wildman–Crippen LogP) is 2.15. The summed E-state index contributed by atoms with van der Waals surface area (Å²) in [6.45, 7) is 1.64. The van der Waals surface area contributed by atoms with E-state index in [0.717, 1.165) is 10.6 Å². The Bertz CT molecular complexity index is 1140. The predicted molar refractivity (Wildman–Crippen MR) is 104 cm³/mol. The van der Waals surface area contributed by atoms with Gasteiger partial charge in [-0.2, -0.15) is 5.10 Å². The fraction of sp³-hybridized carbons (Fsp3) is 0.111. The summed E-state index contributed by atoms with van der Waals surface area (Å²) in [6.07, 6.45) is 1.48. The number of hydrogen-bond acceptors (Lipinski definition) is 7. The summed E-state index contributed by atoms with van der Waals surface area (Å²) in [7, 11) is 0. The molecule has 0 saturated heterocycles. The van der Waals surface area contributed by atoms with Crippen LogP contribution in [0.4, 0.5) is 5.69 Å². The number of thiophene rings is 1. The van der Waals surface area contributed by atoms with Crippen LogP contribution in [0.2, 0.25) is 0 Å². The molecular weight excluding hydrogens is 378 g/mol. The Balaban J connectivity index is 1.52. The van der Waals surface area contributed by atoms with Gasteiger partial charge < -0.3 is 5.32 Å². The first-order chi connectivity index (χ1) is 13.6. The molecule has 9 nitrogen and oxygen atoms in total. The SMILES string of the molecule is C[C@H](C(=O)Nc1ccc(-n2cnnn2)cc1)n1nc(-c2cccs2)ccc1=O. The number of nitrogens with one attached hydrogen (secondary N) is 1. The van der Waals surface area contributed by atoms with E-state index in [1.807, 2.05) is 17.5 Å². The number of benzene rings is 1. The molecule has 3 heterocycles. The van der Waals surface area contributed by atoms with Gasteiger partial charge in [0.2, 0.25) is 5.91 Å². The third-order valence-electron chi connectivity index (χ3n) is 4.09. The van der Waals surface area contributed by atoms with Crippen molar-refractivity contribution in [3.63, 3.8) is 0 Å². The Hall–Kier alpha value is -3.66. The summed E-state index contributed by atoms with van der Waals surface area (Å²) in [5.74, 6) is -0.340. The van der Waals surface area contributed by atoms with Gasteiger partial charge in [-0.3, -0.25) is 9.59 Å². The molecule has 0 aliphatic rings. The number of nitrogens with zero attached hydrogens (tertiary/aromatic N) is 6. The topological polar surface area (TPSA) is 108 Å². The number of anilines is 1. The van der Waals surface area contributed by atoms with E-state index in [9.17, 15) is 9.59 Å². The van der Waals surface area contributed by atoms with Crippen molar-refractivity contribution in [3.05, 3.63) is 70.6 Å². The molecule has 140 valence electrons. The third kappa shape index (κ3) is 3.58. The maximum atomic E-state index is 12.6. The highest BCUT2D eigenvalue weighted by Gasteiger charge is 2.18. The highest BCUT2D eigenvalue weighted by atomic mass is 32.1. The van der Waals surface area contributed by atoms with E-state index < -0.39 is 6.04 Å². The normalized spacial score (nSPS) is 11.9. The van der Waals surface area contributed by atoms with Crippen molar-refractivity contribution in [2.45, 2.75) is 13.0 Å². The van der Waals surface area contributed by atoms with Gasteiger partial charge in [0.25, 0.3) is 5.56 Å². The van der Waals surface area contributed by atoms with E-state index in [4.69, 9.17) is 0 Å². The zero-order chi connectivity index (χ0) is 19.5. The number of carbonyl (C=O) groups excluding carboxylic acids is 1. The molecule has 1 amide bonds. The molecule has 1 N–H and O–H groups in total. The van der Waals surface area contributed by atoms with Crippen molar-refractivity contribution in [3.8, 4) is 16.3 Å². The molecule has 1 aromatic carbocycles. The minimum absolute atomic E-state index is 0.336. The first-order valence-electron chi connectivity index (χ1n) is 8.40. The van der Waals surface area contributed by atoms with Gasteiger partial charge in [0.05, 0.1) is 10.6 Å². The molecule has 0 unspecified atom stereocenters. The Morgan fingerprint density at radius 1 is 1.14 bits per heavy atom. The summed E-state index contributed by atoms with van der Waals surface area (Å²) in [6, 6.07) is 13.2. The Kier molecular flexibility index (Phi) is 4.77. The van der Waals surface area contributed by atoms with Crippen molar-refractivity contribution < 1.29 is 4.79 Å². The van der Waals surface area contributed by atoms with Crippen LogP contribution in [0.1, 0.15) is 13.0 Å². The van der Waals surface area contributed by atoms with Crippen molar-refractivity contribution in [2.75, 3.05) is 5.32 Å². The smallest absolute Gasteiger partial charge is 0.267 e. The van der Waals surface area contributed by atoms with Gasteiger partial charge in [-0.15, -0.1) is 16.4 Å². The molecule has 0 spiro atoms. The number of carbonyl (C=O) groups is 1. The minimum Gasteiger partial charge on any atom is -0.324 e. The van der Waals surface area contributed by atoms with Crippen LogP contribution in [0.3, 0.4) is 0 Å². The van der Waals surface area contributed by atoms with E-state index in [2.05, 4.69) is 25.9 Å². The molecule has 4 aromatic rings. The number of aromatic nitrogens is 6. The fourth-order valence-corrected chi connectivity index (χ4v) is 3.28. The van der Waals surface area contributed by atoms with Crippen LogP contribution in [-0.2, 0) is 4.79 Å². The molecule has 28 heavy (non-hydrogen) atoms. The minimum atomic E-state index is -0.772. The van der Waals surface area contributed by atoms with Crippen LogP contribution in [0.5, 0.6) is 0 Å². The summed E-state index contributed by atoms with van der Waals surface area (Å²) < 4.78 is 2.70. The highest BCUT2D eigenvalue weighted by molar-refractivity contribution is 7.13. The highest BCUT2D eigenvalue weighted by Crippen LogP contribution is 2.22. The zero-order valence-electron chi connectivity index (χ0n) is 14.8. The number of tetrazole rings is 1. The number of amides is 1. The average Bonchev–Trinajstić information content (AvgIpc) is 3.42. The molecule has 1 atom stereocenters. The van der Waals surface area contributed by atoms with Gasteiger partial charge >= 0.3 is 0 Å². The van der Waals surface area contributed by atoms with Crippen molar-refractivity contribution in [1.82, 2.24) is 30.0 Å². The first kappa shape index (κ1) is 17.7. The summed E-state index contributed by atoms with van der Waals surface area (Å²) in [5, 5.41) is 20.1. The zero-order valence-corrected chi connectivity index (χ0v) is 15.6. The van der Waals surface area contributed by atoms with Gasteiger partial charge in [0, 0.05) is 11.8 Å². The molecule has 0 aliphatic heterocycles. The Morgan fingerprint density at radius 2 is 1.96 bits per heavy atom. The van der Waals surface area contributed by atoms with E-state index in [0.29, 0.717) is 11.4 Å². The van der Waals surface area contributed by atoms with Crippen LogP contribution in [0.15, 0.2) is 65.0 Å². The van der Waals surface area contributed by atoms with Gasteiger partial charge in [0.15, 0.2) is 0 Å². The van der Waals surface area contributed by atoms with Crippen molar-refractivity contribution >= 4 is 22.9 Å². The number of hydrogen-bond donors (Lipinski definition) is 1. The molecule has 0 fully saturated rings. The van der Waals surface area contributed by atoms with Crippen LogP contribution < -0.4 is 10.9 Å². The second kappa shape index (κ2) is 7.53. The molecule has 0 saturated carbocycles. The van der Waals surface area contributed by atoms with Crippen molar-refractivity contribution in [1.29, 1.82) is 0 Å². The van der Waals surface area contributed by atoms with Gasteiger partial charge in [0.1, 0.15) is 18.1 Å². The van der Waals surface area contributed by atoms with E-state index in [1.54, 1.807) is 37.3 Å². The lowest BCUT2D eigenvalue weighted by atomic mass is 10.2. The van der Waals surface area contributed by atoms with Crippen LogP contribution in [0.25, 0.3) is 16.3 Å². The Morgan fingerprint density at radius 3 is 2.64 bits per heavy atom. The molecular formula is C18H15N7O2S. The average molecular weight is 393 g/mol. The molecule has 0 aliphatic carbocycles. The second-order valence-electron chi connectivity index (χ2n) is 5.95. The fourth-order valence-electron chi connectivity index (χ4n) is 2.59. The lowest BCUT2D eigenvalue weighted by Crippen LogP contribution is -2.33. The van der Waals surface area contributed by atoms with Gasteiger partial charge in [-0.05, 0) is 59.1 Å². The molecule has 10 heteroatoms. The molecule has 4 rings (SSSR count). The molecule has 3 aromatic heterocycles. The third-order valence-corrected chi connectivity index (χ3v) is 4.99. The quantitative estimate of drug-likeness (QED) is 0.557. The van der Waals surface area contributed by atoms with E-state index in [1.165, 1.54) is 33.1 Å². The van der Waals surface area contributed by atoms with Gasteiger partial charge in [-0.1, -0.05) is 6.07 Å². The van der Waals surface area contributed by atoms with E-state index in [-0.39, 0.29) is 11.5 Å². The maximum absolute atomic E-state index is 12.6. The maximum Gasteiger partial charge on any atom is 0.267 e. The largest absolute Gasteiger partial charge is 0.324 e. The van der Waals surface area contributed by atoms with Crippen LogP contribution >= 0.6 is 11.3 Å². The summed E-state index contributed by atoms with van der Waals surface area (Å²) in [5.41, 5.74) is 1.67. The summed E-state index contributed by atoms with van der Waals surface area (Å²) >= 11 is 1.52. The van der Waals surface area contributed by atoms with E-state index >= 15 is 0 Å². The Labute approximate surface area is 163 Å².